The fraction of sp³-hybridized carbons (Fsp3) is 0.316. The number of urea groups is 1. The van der Waals surface area contributed by atoms with Crippen molar-refractivity contribution in [3.63, 3.8) is 0 Å². The molecule has 3 rings (SSSR count). The van der Waals surface area contributed by atoms with Gasteiger partial charge in [0.25, 0.3) is 5.91 Å². The van der Waals surface area contributed by atoms with Crippen LogP contribution in [0.3, 0.4) is 0 Å². The number of hydrogen-bond acceptors (Lipinski definition) is 4. The van der Waals surface area contributed by atoms with Crippen LogP contribution in [0.5, 0.6) is 5.88 Å². The van der Waals surface area contributed by atoms with Crippen molar-refractivity contribution in [1.82, 2.24) is 15.6 Å². The van der Waals surface area contributed by atoms with Gasteiger partial charge >= 0.3 is 6.03 Å². The molecule has 1 fully saturated rings. The Hall–Kier alpha value is -3.09. The van der Waals surface area contributed by atoms with Crippen LogP contribution in [0.2, 0.25) is 0 Å². The summed E-state index contributed by atoms with van der Waals surface area (Å²) in [6, 6.07) is 8.82. The van der Waals surface area contributed by atoms with Crippen molar-refractivity contribution in [2.75, 3.05) is 12.4 Å². The smallest absolute Gasteiger partial charge is 0.319 e. The van der Waals surface area contributed by atoms with E-state index in [0.29, 0.717) is 17.1 Å². The van der Waals surface area contributed by atoms with Gasteiger partial charge in [0.15, 0.2) is 0 Å². The quantitative estimate of drug-likeness (QED) is 0.743. The SMILES string of the molecule is COc1ncccc1CNC(=O)Nc1cc(C(=O)NC2CC2)ccc1C. The highest BCUT2D eigenvalue weighted by Crippen LogP contribution is 2.21. The number of aryl methyl sites for hydroxylation is 1. The minimum absolute atomic E-state index is 0.115. The Morgan fingerprint density at radius 2 is 2.08 bits per heavy atom. The van der Waals surface area contributed by atoms with Crippen LogP contribution in [-0.2, 0) is 6.54 Å². The molecule has 1 aromatic carbocycles. The van der Waals surface area contributed by atoms with Gasteiger partial charge in [-0.15, -0.1) is 0 Å². The molecule has 136 valence electrons. The van der Waals surface area contributed by atoms with Crippen molar-refractivity contribution in [3.05, 3.63) is 53.2 Å². The Kier molecular flexibility index (Phi) is 5.36. The summed E-state index contributed by atoms with van der Waals surface area (Å²) in [4.78, 5) is 28.5. The Morgan fingerprint density at radius 1 is 1.27 bits per heavy atom. The normalized spacial score (nSPS) is 13.0. The molecule has 3 N–H and O–H groups in total. The van der Waals surface area contributed by atoms with Gasteiger partial charge in [0.1, 0.15) is 0 Å². The van der Waals surface area contributed by atoms with Crippen LogP contribution in [0.4, 0.5) is 10.5 Å². The van der Waals surface area contributed by atoms with Crippen molar-refractivity contribution >= 4 is 17.6 Å². The van der Waals surface area contributed by atoms with Gasteiger partial charge in [-0.05, 0) is 43.5 Å². The number of pyridine rings is 1. The molecule has 1 aromatic heterocycles. The molecular formula is C19H22N4O3. The summed E-state index contributed by atoms with van der Waals surface area (Å²) in [5, 5.41) is 8.50. The molecule has 1 heterocycles. The first-order valence-electron chi connectivity index (χ1n) is 8.51. The first-order chi connectivity index (χ1) is 12.6. The Balaban J connectivity index is 1.62. The second-order valence-corrected chi connectivity index (χ2v) is 6.26. The number of nitrogens with zero attached hydrogens (tertiary/aromatic N) is 1. The average Bonchev–Trinajstić information content (AvgIpc) is 3.46. The molecule has 0 unspecified atom stereocenters. The number of nitrogens with one attached hydrogen (secondary N) is 3. The van der Waals surface area contributed by atoms with Crippen LogP contribution in [0.1, 0.15) is 34.3 Å². The molecule has 0 saturated heterocycles. The van der Waals surface area contributed by atoms with E-state index >= 15 is 0 Å². The van der Waals surface area contributed by atoms with E-state index in [2.05, 4.69) is 20.9 Å². The van der Waals surface area contributed by atoms with Gasteiger partial charge < -0.3 is 20.7 Å². The molecule has 3 amide bonds. The topological polar surface area (TPSA) is 92.3 Å². The summed E-state index contributed by atoms with van der Waals surface area (Å²) in [7, 11) is 1.54. The number of ether oxygens (including phenoxy) is 1. The van der Waals surface area contributed by atoms with Crippen molar-refractivity contribution in [2.24, 2.45) is 0 Å². The van der Waals surface area contributed by atoms with Gasteiger partial charge in [0.2, 0.25) is 5.88 Å². The molecule has 7 nitrogen and oxygen atoms in total. The van der Waals surface area contributed by atoms with Crippen molar-refractivity contribution in [1.29, 1.82) is 0 Å². The summed E-state index contributed by atoms with van der Waals surface area (Å²) in [6.07, 6.45) is 3.69. The Labute approximate surface area is 152 Å². The number of hydrogen-bond donors (Lipinski definition) is 3. The van der Waals surface area contributed by atoms with Crippen LogP contribution in [0.15, 0.2) is 36.5 Å². The number of aromatic nitrogens is 1. The van der Waals surface area contributed by atoms with E-state index in [1.54, 1.807) is 24.4 Å². The molecule has 1 aliphatic rings. The fourth-order valence-corrected chi connectivity index (χ4v) is 2.48. The fourth-order valence-electron chi connectivity index (χ4n) is 2.48. The molecule has 2 aromatic rings. The number of rotatable bonds is 6. The van der Waals surface area contributed by atoms with Gasteiger partial charge in [-0.3, -0.25) is 4.79 Å². The third kappa shape index (κ3) is 4.50. The monoisotopic (exact) mass is 354 g/mol. The van der Waals surface area contributed by atoms with Crippen LogP contribution in [-0.4, -0.2) is 30.1 Å². The highest BCUT2D eigenvalue weighted by atomic mass is 16.5. The molecule has 0 aliphatic heterocycles. The second-order valence-electron chi connectivity index (χ2n) is 6.26. The number of anilines is 1. The maximum atomic E-state index is 12.2. The molecule has 7 heteroatoms. The molecular weight excluding hydrogens is 332 g/mol. The lowest BCUT2D eigenvalue weighted by Crippen LogP contribution is -2.29. The van der Waals surface area contributed by atoms with Crippen LogP contribution >= 0.6 is 0 Å². The highest BCUT2D eigenvalue weighted by Gasteiger charge is 2.24. The minimum Gasteiger partial charge on any atom is -0.481 e. The maximum Gasteiger partial charge on any atom is 0.319 e. The lowest BCUT2D eigenvalue weighted by Gasteiger charge is -2.12. The summed E-state index contributed by atoms with van der Waals surface area (Å²) >= 11 is 0. The molecule has 0 bridgehead atoms. The third-order valence-electron chi connectivity index (χ3n) is 4.14. The van der Waals surface area contributed by atoms with Gasteiger partial charge in [-0.1, -0.05) is 12.1 Å². The molecule has 0 spiro atoms. The zero-order valence-electron chi connectivity index (χ0n) is 14.8. The van der Waals surface area contributed by atoms with Gasteiger partial charge in [0.05, 0.1) is 7.11 Å². The van der Waals surface area contributed by atoms with Crippen molar-refractivity contribution in [2.45, 2.75) is 32.4 Å². The minimum atomic E-state index is -0.362. The lowest BCUT2D eigenvalue weighted by atomic mass is 10.1. The number of carbonyl (C=O) groups excluding carboxylic acids is 2. The first kappa shape index (κ1) is 17.7. The van der Waals surface area contributed by atoms with Gasteiger partial charge in [-0.2, -0.15) is 0 Å². The van der Waals surface area contributed by atoms with E-state index in [1.807, 2.05) is 19.1 Å². The predicted octanol–water partition coefficient (Wildman–Crippen LogP) is 2.61. The standard InChI is InChI=1S/C19H22N4O3/c1-12-5-6-13(17(24)22-15-7-8-15)10-16(12)23-19(25)21-11-14-4-3-9-20-18(14)26-2/h3-6,9-10,15H,7-8,11H2,1-2H3,(H,22,24)(H2,21,23,25). The zero-order chi connectivity index (χ0) is 18.5. The van der Waals surface area contributed by atoms with E-state index in [-0.39, 0.29) is 24.5 Å². The van der Waals surface area contributed by atoms with E-state index < -0.39 is 0 Å². The first-order valence-corrected chi connectivity index (χ1v) is 8.51. The van der Waals surface area contributed by atoms with Gasteiger partial charge in [-0.25, -0.2) is 9.78 Å². The van der Waals surface area contributed by atoms with Crippen LogP contribution in [0, 0.1) is 6.92 Å². The molecule has 1 aliphatic carbocycles. The summed E-state index contributed by atoms with van der Waals surface area (Å²) in [6.45, 7) is 2.16. The number of benzene rings is 1. The maximum absolute atomic E-state index is 12.2. The molecule has 0 radical (unpaired) electrons. The Morgan fingerprint density at radius 3 is 2.81 bits per heavy atom. The Bertz CT molecular complexity index is 818. The van der Waals surface area contributed by atoms with Gasteiger partial charge in [0, 0.05) is 35.6 Å². The van der Waals surface area contributed by atoms with Crippen LogP contribution < -0.4 is 20.7 Å². The summed E-state index contributed by atoms with van der Waals surface area (Å²) < 4.78 is 5.17. The predicted molar refractivity (Wildman–Crippen MR) is 98.3 cm³/mol. The van der Waals surface area contributed by atoms with E-state index in [4.69, 9.17) is 4.74 Å². The summed E-state index contributed by atoms with van der Waals surface area (Å²) in [5.74, 6) is 0.360. The van der Waals surface area contributed by atoms with Crippen molar-refractivity contribution in [3.8, 4) is 5.88 Å². The van der Waals surface area contributed by atoms with E-state index in [1.165, 1.54) is 7.11 Å². The summed E-state index contributed by atoms with van der Waals surface area (Å²) in [5.41, 5.74) is 2.79. The average molecular weight is 354 g/mol. The highest BCUT2D eigenvalue weighted by molar-refractivity contribution is 5.97. The van der Waals surface area contributed by atoms with Crippen molar-refractivity contribution < 1.29 is 14.3 Å². The lowest BCUT2D eigenvalue weighted by molar-refractivity contribution is 0.0951. The van der Waals surface area contributed by atoms with Crippen LogP contribution in [0.25, 0.3) is 0 Å². The number of amides is 3. The largest absolute Gasteiger partial charge is 0.481 e. The van der Waals surface area contributed by atoms with E-state index in [9.17, 15) is 9.59 Å². The zero-order valence-corrected chi connectivity index (χ0v) is 14.8. The molecule has 26 heavy (non-hydrogen) atoms. The molecule has 0 atom stereocenters. The third-order valence-corrected chi connectivity index (χ3v) is 4.14. The molecule has 1 saturated carbocycles. The van der Waals surface area contributed by atoms with E-state index in [0.717, 1.165) is 24.0 Å². The second kappa shape index (κ2) is 7.86. The number of methoxy groups -OCH3 is 1. The number of carbonyl (C=O) groups is 2.